The average molecular weight is 422 g/mol. The molecule has 13 heteroatoms. The van der Waals surface area contributed by atoms with Gasteiger partial charge in [-0.15, -0.1) is 0 Å². The molecule has 0 atom stereocenters. The zero-order chi connectivity index (χ0) is 22.0. The lowest BCUT2D eigenvalue weighted by atomic mass is 9.70. The second kappa shape index (κ2) is 8.56. The summed E-state index contributed by atoms with van der Waals surface area (Å²) in [4.78, 5) is 0. The largest absolute Gasteiger partial charge is 0.496 e. The van der Waals surface area contributed by atoms with Crippen LogP contribution in [0.3, 0.4) is 0 Å². The minimum absolute atomic E-state index is 0.387. The minimum atomic E-state index is -4.79. The molecule has 156 valence electrons. The van der Waals surface area contributed by atoms with Gasteiger partial charge < -0.3 is 24.1 Å². The van der Waals surface area contributed by atoms with Gasteiger partial charge in [0.1, 0.15) is 11.5 Å². The molecule has 0 aromatic heterocycles. The Bertz CT molecular complexity index is 789. The van der Waals surface area contributed by atoms with Crippen molar-refractivity contribution in [2.45, 2.75) is 12.4 Å². The maximum Gasteiger partial charge on any atom is 0.477 e. The van der Waals surface area contributed by atoms with Gasteiger partial charge in [0, 0.05) is 0 Å². The van der Waals surface area contributed by atoms with Gasteiger partial charge in [0.2, 0.25) is 0 Å². The Balaban J connectivity index is 2.28. The fourth-order valence-corrected chi connectivity index (χ4v) is 2.48. The summed E-state index contributed by atoms with van der Waals surface area (Å²) >= 11 is 0. The van der Waals surface area contributed by atoms with Crippen molar-refractivity contribution < 1.29 is 50.4 Å². The normalized spacial score (nSPS) is 11.9. The minimum Gasteiger partial charge on any atom is -0.496 e. The Kier molecular flexibility index (Phi) is 6.76. The first kappa shape index (κ1) is 22.9. The number of alkyl halides is 6. The van der Waals surface area contributed by atoms with E-state index in [1.807, 2.05) is 0 Å². The summed E-state index contributed by atoms with van der Waals surface area (Å²) < 4.78 is 92.4. The van der Waals surface area contributed by atoms with E-state index in [0.717, 1.165) is 38.5 Å². The number of hydrogen-bond acceptors (Lipinski definition) is 5. The summed E-state index contributed by atoms with van der Waals surface area (Å²) in [7, 11) is -2.06. The quantitative estimate of drug-likeness (QED) is 0.550. The maximum absolute atomic E-state index is 13.1. The van der Waals surface area contributed by atoms with Gasteiger partial charge in [0.05, 0.1) is 25.3 Å². The molecule has 0 aliphatic carbocycles. The monoisotopic (exact) mass is 422 g/mol. The SMILES string of the molecule is COc1ccc(B(O)OB(O)c2ccc(OC)c(C(F)(F)F)c2)cc1C(F)(F)F. The summed E-state index contributed by atoms with van der Waals surface area (Å²) in [5.74, 6) is -1.00. The van der Waals surface area contributed by atoms with Crippen LogP contribution in [0.25, 0.3) is 0 Å². The molecule has 0 amide bonds. The topological polar surface area (TPSA) is 68.2 Å². The molecule has 0 aliphatic heterocycles. The fourth-order valence-electron chi connectivity index (χ4n) is 2.48. The van der Waals surface area contributed by atoms with E-state index in [-0.39, 0.29) is 10.9 Å². The van der Waals surface area contributed by atoms with E-state index in [1.165, 1.54) is 0 Å². The van der Waals surface area contributed by atoms with Crippen molar-refractivity contribution in [2.24, 2.45) is 0 Å². The van der Waals surface area contributed by atoms with Gasteiger partial charge in [-0.3, -0.25) is 0 Å². The van der Waals surface area contributed by atoms with Crippen molar-refractivity contribution in [1.82, 2.24) is 0 Å². The fraction of sp³-hybridized carbons (Fsp3) is 0.250. The summed E-state index contributed by atoms with van der Waals surface area (Å²) in [6, 6.07) is 5.08. The van der Waals surface area contributed by atoms with Crippen molar-refractivity contribution in [3.63, 3.8) is 0 Å². The molecule has 0 fully saturated rings. The lowest BCUT2D eigenvalue weighted by Crippen LogP contribution is -2.45. The first-order chi connectivity index (χ1) is 13.4. The summed E-state index contributed by atoms with van der Waals surface area (Å²) in [6.07, 6.45) is -9.59. The van der Waals surface area contributed by atoms with Crippen LogP contribution in [0.5, 0.6) is 11.5 Å². The smallest absolute Gasteiger partial charge is 0.477 e. The van der Waals surface area contributed by atoms with Crippen molar-refractivity contribution in [3.8, 4) is 11.5 Å². The highest BCUT2D eigenvalue weighted by Gasteiger charge is 2.38. The van der Waals surface area contributed by atoms with Gasteiger partial charge in [-0.2, -0.15) is 26.3 Å². The predicted octanol–water partition coefficient (Wildman–Crippen LogP) is 1.83. The van der Waals surface area contributed by atoms with Crippen LogP contribution in [0.2, 0.25) is 0 Å². The van der Waals surface area contributed by atoms with Gasteiger partial charge in [0.15, 0.2) is 0 Å². The molecule has 2 rings (SSSR count). The van der Waals surface area contributed by atoms with E-state index in [9.17, 15) is 36.4 Å². The molecule has 29 heavy (non-hydrogen) atoms. The van der Waals surface area contributed by atoms with Crippen LogP contribution in [0, 0.1) is 0 Å². The molecular formula is C16H14B2F6O5. The number of benzene rings is 2. The molecule has 0 heterocycles. The lowest BCUT2D eigenvalue weighted by molar-refractivity contribution is -0.139. The van der Waals surface area contributed by atoms with Crippen LogP contribution in [-0.4, -0.2) is 38.5 Å². The Morgan fingerprint density at radius 2 is 1.03 bits per heavy atom. The Morgan fingerprint density at radius 3 is 1.31 bits per heavy atom. The van der Waals surface area contributed by atoms with E-state index >= 15 is 0 Å². The molecule has 0 saturated heterocycles. The van der Waals surface area contributed by atoms with E-state index < -0.39 is 49.2 Å². The van der Waals surface area contributed by atoms with Crippen LogP contribution >= 0.6 is 0 Å². The summed E-state index contributed by atoms with van der Waals surface area (Å²) in [6.45, 7) is 0. The number of rotatable bonds is 6. The molecule has 0 radical (unpaired) electrons. The summed E-state index contributed by atoms with van der Waals surface area (Å²) in [5.41, 5.74) is -3.17. The van der Waals surface area contributed by atoms with Gasteiger partial charge in [-0.25, -0.2) is 0 Å². The highest BCUT2D eigenvalue weighted by atomic mass is 19.4. The molecule has 2 N–H and O–H groups in total. The van der Waals surface area contributed by atoms with Gasteiger partial charge in [0.25, 0.3) is 0 Å². The van der Waals surface area contributed by atoms with E-state index in [1.54, 1.807) is 0 Å². The second-order valence-corrected chi connectivity index (χ2v) is 5.76. The zero-order valence-corrected chi connectivity index (χ0v) is 15.0. The van der Waals surface area contributed by atoms with Crippen molar-refractivity contribution in [1.29, 1.82) is 0 Å². The molecule has 0 unspecified atom stereocenters. The Morgan fingerprint density at radius 1 is 0.690 bits per heavy atom. The van der Waals surface area contributed by atoms with Gasteiger partial charge >= 0.3 is 26.6 Å². The highest BCUT2D eigenvalue weighted by molar-refractivity contribution is 6.73. The van der Waals surface area contributed by atoms with E-state index in [0.29, 0.717) is 12.1 Å². The standard InChI is InChI=1S/C16H14B2F6O5/c1-27-13-5-3-9(7-11(13)15(19,20)21)17(25)29-18(26)10-4-6-14(28-2)12(8-10)16(22,23)24/h3-8,25-26H,1-2H3. The Hall–Kier alpha value is -2.37. The van der Waals surface area contributed by atoms with E-state index in [4.69, 9.17) is 4.57 Å². The van der Waals surface area contributed by atoms with Crippen LogP contribution in [0.4, 0.5) is 26.3 Å². The van der Waals surface area contributed by atoms with Gasteiger partial charge in [-0.05, 0) is 35.2 Å². The molecule has 0 saturated carbocycles. The average Bonchev–Trinajstić information content (AvgIpc) is 2.65. The second-order valence-electron chi connectivity index (χ2n) is 5.76. The first-order valence-electron chi connectivity index (χ1n) is 7.90. The van der Waals surface area contributed by atoms with Crippen LogP contribution < -0.4 is 20.4 Å². The van der Waals surface area contributed by atoms with Crippen molar-refractivity contribution in [3.05, 3.63) is 47.5 Å². The molecule has 2 aromatic carbocycles. The molecule has 0 bridgehead atoms. The number of ether oxygens (including phenoxy) is 2. The first-order valence-corrected chi connectivity index (χ1v) is 7.90. The number of hydrogen-bond donors (Lipinski definition) is 2. The van der Waals surface area contributed by atoms with Gasteiger partial charge in [-0.1, -0.05) is 12.1 Å². The highest BCUT2D eigenvalue weighted by Crippen LogP contribution is 2.36. The van der Waals surface area contributed by atoms with Crippen molar-refractivity contribution >= 4 is 25.2 Å². The third kappa shape index (κ3) is 5.37. The van der Waals surface area contributed by atoms with Crippen LogP contribution in [0.1, 0.15) is 11.1 Å². The maximum atomic E-state index is 13.1. The molecule has 2 aromatic rings. The van der Waals surface area contributed by atoms with E-state index in [2.05, 4.69) is 9.47 Å². The molecule has 0 spiro atoms. The lowest BCUT2D eigenvalue weighted by Gasteiger charge is -2.17. The van der Waals surface area contributed by atoms with Crippen LogP contribution in [0.15, 0.2) is 36.4 Å². The van der Waals surface area contributed by atoms with Crippen LogP contribution in [-0.2, 0) is 16.9 Å². The zero-order valence-electron chi connectivity index (χ0n) is 15.0. The van der Waals surface area contributed by atoms with Crippen molar-refractivity contribution in [2.75, 3.05) is 14.2 Å². The number of methoxy groups -OCH3 is 2. The number of halogens is 6. The summed E-state index contributed by atoms with van der Waals surface area (Å²) in [5, 5.41) is 20.0. The predicted molar refractivity (Wildman–Crippen MR) is 92.3 cm³/mol. The molecule has 0 aliphatic rings. The third-order valence-corrected chi connectivity index (χ3v) is 3.89. The molecular weight excluding hydrogens is 408 g/mol. The Labute approximate surface area is 162 Å². The third-order valence-electron chi connectivity index (χ3n) is 3.89. The molecule has 5 nitrogen and oxygen atoms in total.